The maximum atomic E-state index is 14.5. The minimum absolute atomic E-state index is 0.0279. The van der Waals surface area contributed by atoms with Crippen molar-refractivity contribution in [3.63, 3.8) is 0 Å². The van der Waals surface area contributed by atoms with Crippen molar-refractivity contribution in [1.82, 2.24) is 0 Å². The van der Waals surface area contributed by atoms with Crippen LogP contribution in [0.2, 0.25) is 0 Å². The number of halogens is 6. The van der Waals surface area contributed by atoms with Gasteiger partial charge in [0, 0.05) is 0 Å². The molecule has 0 fully saturated rings. The van der Waals surface area contributed by atoms with Crippen LogP contribution in [0.1, 0.15) is 18.9 Å². The maximum Gasteiger partial charge on any atom is 0.573 e. The molecule has 0 spiro atoms. The average molecular weight is 364 g/mol. The second-order valence-corrected chi connectivity index (χ2v) is 5.17. The predicted octanol–water partition coefficient (Wildman–Crippen LogP) is 5.63. The van der Waals surface area contributed by atoms with Gasteiger partial charge in [0.05, 0.1) is 12.7 Å². The molecular formula is C17H14F6O2. The van der Waals surface area contributed by atoms with Gasteiger partial charge in [0.25, 0.3) is 0 Å². The molecule has 0 heterocycles. The number of rotatable bonds is 5. The summed E-state index contributed by atoms with van der Waals surface area (Å²) in [4.78, 5) is 0. The smallest absolute Gasteiger partial charge is 0.493 e. The van der Waals surface area contributed by atoms with E-state index < -0.39 is 40.9 Å². The van der Waals surface area contributed by atoms with Crippen molar-refractivity contribution in [2.45, 2.75) is 26.1 Å². The van der Waals surface area contributed by atoms with Crippen molar-refractivity contribution in [1.29, 1.82) is 0 Å². The third kappa shape index (κ3) is 4.00. The molecule has 0 aromatic heterocycles. The molecule has 0 radical (unpaired) electrons. The first-order valence-electron chi connectivity index (χ1n) is 7.29. The van der Waals surface area contributed by atoms with E-state index in [1.165, 1.54) is 12.1 Å². The highest BCUT2D eigenvalue weighted by molar-refractivity contribution is 5.73. The number of ether oxygens (including phenoxy) is 2. The topological polar surface area (TPSA) is 18.5 Å². The fourth-order valence-corrected chi connectivity index (χ4v) is 2.40. The summed E-state index contributed by atoms with van der Waals surface area (Å²) < 4.78 is 87.5. The first kappa shape index (κ1) is 19.0. The lowest BCUT2D eigenvalue weighted by atomic mass is 10.00. The Bertz CT molecular complexity index is 753. The molecular weight excluding hydrogens is 350 g/mol. The molecule has 2 aromatic carbocycles. The summed E-state index contributed by atoms with van der Waals surface area (Å²) in [5, 5.41) is 0. The molecule has 8 heteroatoms. The van der Waals surface area contributed by atoms with Crippen molar-refractivity contribution in [3.05, 3.63) is 47.3 Å². The molecule has 25 heavy (non-hydrogen) atoms. The summed E-state index contributed by atoms with van der Waals surface area (Å²) in [6.07, 6.45) is -3.79. The maximum absolute atomic E-state index is 14.5. The summed E-state index contributed by atoms with van der Waals surface area (Å²) >= 11 is 0. The molecule has 0 aliphatic heterocycles. The van der Waals surface area contributed by atoms with Gasteiger partial charge >= 0.3 is 6.36 Å². The zero-order valence-corrected chi connectivity index (χ0v) is 13.3. The fourth-order valence-electron chi connectivity index (χ4n) is 2.40. The normalized spacial score (nSPS) is 11.5. The fraction of sp³-hybridized carbons (Fsp3) is 0.294. The van der Waals surface area contributed by atoms with Crippen LogP contribution in [0.5, 0.6) is 11.5 Å². The molecule has 0 aliphatic carbocycles. The largest absolute Gasteiger partial charge is 0.573 e. The summed E-state index contributed by atoms with van der Waals surface area (Å²) in [7, 11) is 0.955. The van der Waals surface area contributed by atoms with E-state index in [9.17, 15) is 26.3 Å². The SMILES string of the molecule is CCCc1ccc(-c2c(F)c(OC(F)(F)F)c(F)c(F)c2OC)cc1. The van der Waals surface area contributed by atoms with Crippen molar-refractivity contribution in [3.8, 4) is 22.6 Å². The third-order valence-corrected chi connectivity index (χ3v) is 3.44. The minimum atomic E-state index is -5.38. The van der Waals surface area contributed by atoms with Gasteiger partial charge in [-0.1, -0.05) is 37.6 Å². The van der Waals surface area contributed by atoms with E-state index in [0.29, 0.717) is 0 Å². The van der Waals surface area contributed by atoms with Crippen LogP contribution in [-0.2, 0) is 6.42 Å². The summed E-state index contributed by atoms with van der Waals surface area (Å²) in [6.45, 7) is 1.95. The Balaban J connectivity index is 2.66. The molecule has 0 saturated heterocycles. The molecule has 2 aromatic rings. The molecule has 0 unspecified atom stereocenters. The van der Waals surface area contributed by atoms with Gasteiger partial charge in [0.15, 0.2) is 11.6 Å². The highest BCUT2D eigenvalue weighted by Crippen LogP contribution is 2.43. The number of alkyl halides is 3. The summed E-state index contributed by atoms with van der Waals surface area (Å²) in [6, 6.07) is 6.01. The Morgan fingerprint density at radius 3 is 1.92 bits per heavy atom. The van der Waals surface area contributed by atoms with Crippen LogP contribution >= 0.6 is 0 Å². The number of hydrogen-bond donors (Lipinski definition) is 0. The van der Waals surface area contributed by atoms with Crippen LogP contribution in [-0.4, -0.2) is 13.5 Å². The molecule has 0 saturated carbocycles. The van der Waals surface area contributed by atoms with Gasteiger partial charge < -0.3 is 9.47 Å². The molecule has 0 N–H and O–H groups in total. The predicted molar refractivity (Wildman–Crippen MR) is 79.0 cm³/mol. The molecule has 2 nitrogen and oxygen atoms in total. The molecule has 0 amide bonds. The van der Waals surface area contributed by atoms with Crippen molar-refractivity contribution >= 4 is 0 Å². The summed E-state index contributed by atoms with van der Waals surface area (Å²) in [5.74, 6) is -8.28. The zero-order valence-electron chi connectivity index (χ0n) is 13.3. The van der Waals surface area contributed by atoms with Crippen molar-refractivity contribution < 1.29 is 35.8 Å². The van der Waals surface area contributed by atoms with Crippen molar-refractivity contribution in [2.24, 2.45) is 0 Å². The van der Waals surface area contributed by atoms with Gasteiger partial charge in [-0.2, -0.15) is 8.78 Å². The van der Waals surface area contributed by atoms with E-state index >= 15 is 0 Å². The number of aryl methyl sites for hydroxylation is 1. The van der Waals surface area contributed by atoms with Gasteiger partial charge in [0.2, 0.25) is 17.4 Å². The molecule has 136 valence electrons. The Labute approximate surface area is 140 Å². The Kier molecular flexibility index (Phi) is 5.49. The van der Waals surface area contributed by atoms with E-state index in [1.807, 2.05) is 6.92 Å². The Hall–Kier alpha value is -2.38. The first-order chi connectivity index (χ1) is 11.7. The van der Waals surface area contributed by atoms with Crippen LogP contribution in [0.4, 0.5) is 26.3 Å². The van der Waals surface area contributed by atoms with Gasteiger partial charge in [0.1, 0.15) is 0 Å². The number of hydrogen-bond acceptors (Lipinski definition) is 2. The molecule has 0 atom stereocenters. The Morgan fingerprint density at radius 1 is 0.880 bits per heavy atom. The molecule has 2 rings (SSSR count). The quantitative estimate of drug-likeness (QED) is 0.506. The van der Waals surface area contributed by atoms with Gasteiger partial charge in [-0.05, 0) is 17.5 Å². The zero-order chi connectivity index (χ0) is 18.8. The number of benzene rings is 2. The van der Waals surface area contributed by atoms with E-state index in [0.717, 1.165) is 25.5 Å². The molecule has 0 aliphatic rings. The highest BCUT2D eigenvalue weighted by Gasteiger charge is 2.37. The lowest BCUT2D eigenvalue weighted by Crippen LogP contribution is -2.20. The van der Waals surface area contributed by atoms with Crippen LogP contribution in [0.25, 0.3) is 11.1 Å². The van der Waals surface area contributed by atoms with E-state index in [1.54, 1.807) is 12.1 Å². The number of methoxy groups -OCH3 is 1. The second kappa shape index (κ2) is 7.25. The van der Waals surface area contributed by atoms with Gasteiger partial charge in [-0.25, -0.2) is 4.39 Å². The lowest BCUT2D eigenvalue weighted by molar-refractivity contribution is -0.276. The second-order valence-electron chi connectivity index (χ2n) is 5.17. The summed E-state index contributed by atoms with van der Waals surface area (Å²) in [5.41, 5.74) is 0.281. The standard InChI is InChI=1S/C17H14F6O2/c1-3-4-9-5-7-10(8-6-9)11-12(18)16(25-17(21,22)23)14(20)13(19)15(11)24-2/h5-8H,3-4H2,1-2H3. The van der Waals surface area contributed by atoms with Gasteiger partial charge in [-0.15, -0.1) is 13.2 Å². The van der Waals surface area contributed by atoms with Gasteiger partial charge in [-0.3, -0.25) is 0 Å². The first-order valence-corrected chi connectivity index (χ1v) is 7.29. The van der Waals surface area contributed by atoms with E-state index in [-0.39, 0.29) is 5.56 Å². The van der Waals surface area contributed by atoms with Crippen LogP contribution in [0, 0.1) is 17.5 Å². The monoisotopic (exact) mass is 364 g/mol. The van der Waals surface area contributed by atoms with Crippen LogP contribution < -0.4 is 9.47 Å². The van der Waals surface area contributed by atoms with E-state index in [4.69, 9.17) is 0 Å². The lowest BCUT2D eigenvalue weighted by Gasteiger charge is -2.17. The third-order valence-electron chi connectivity index (χ3n) is 3.44. The van der Waals surface area contributed by atoms with Crippen LogP contribution in [0.15, 0.2) is 24.3 Å². The van der Waals surface area contributed by atoms with E-state index in [2.05, 4.69) is 9.47 Å². The highest BCUT2D eigenvalue weighted by atomic mass is 19.4. The average Bonchev–Trinajstić information content (AvgIpc) is 2.55. The van der Waals surface area contributed by atoms with Crippen molar-refractivity contribution in [2.75, 3.05) is 7.11 Å². The minimum Gasteiger partial charge on any atom is -0.493 e. The molecule has 0 bridgehead atoms. The Morgan fingerprint density at radius 2 is 1.44 bits per heavy atom. The van der Waals surface area contributed by atoms with Crippen LogP contribution in [0.3, 0.4) is 0 Å².